The summed E-state index contributed by atoms with van der Waals surface area (Å²) < 4.78 is 1.38. The number of carbonyl (C=O) groups is 1. The highest BCUT2D eigenvalue weighted by Gasteiger charge is 2.10. The lowest BCUT2D eigenvalue weighted by Gasteiger charge is -2.10. The van der Waals surface area contributed by atoms with Gasteiger partial charge in [-0.3, -0.25) is 9.59 Å². The van der Waals surface area contributed by atoms with Gasteiger partial charge in [-0.15, -0.1) is 23.1 Å². The Bertz CT molecular complexity index is 920. The molecule has 0 fully saturated rings. The van der Waals surface area contributed by atoms with Gasteiger partial charge in [0.25, 0.3) is 11.5 Å². The van der Waals surface area contributed by atoms with Crippen LogP contribution < -0.4 is 10.9 Å². The lowest BCUT2D eigenvalue weighted by molar-refractivity contribution is 0.0949. The number of nitrogens with one attached hydrogen (secondary N) is 1. The second-order valence-corrected chi connectivity index (χ2v) is 7.01. The van der Waals surface area contributed by atoms with Crippen molar-refractivity contribution in [3.05, 3.63) is 69.8 Å². The van der Waals surface area contributed by atoms with Gasteiger partial charge in [0.15, 0.2) is 0 Å². The molecule has 2 aromatic heterocycles. The monoisotopic (exact) mass is 371 g/mol. The van der Waals surface area contributed by atoms with E-state index in [2.05, 4.69) is 10.4 Å². The molecule has 1 N–H and O–H groups in total. The van der Waals surface area contributed by atoms with Crippen molar-refractivity contribution in [2.45, 2.75) is 11.4 Å². The first-order chi connectivity index (χ1) is 12.2. The van der Waals surface area contributed by atoms with E-state index < -0.39 is 0 Å². The average Bonchev–Trinajstić information content (AvgIpc) is 3.17. The first-order valence-electron chi connectivity index (χ1n) is 7.72. The number of nitrogens with zero attached hydrogens (tertiary/aromatic N) is 2. The van der Waals surface area contributed by atoms with E-state index in [-0.39, 0.29) is 11.5 Å². The van der Waals surface area contributed by atoms with Crippen LogP contribution in [0.15, 0.2) is 63.6 Å². The first kappa shape index (κ1) is 17.4. The summed E-state index contributed by atoms with van der Waals surface area (Å²) in [6, 6.07) is 14.6. The maximum atomic E-state index is 12.3. The first-order valence-corrected chi connectivity index (χ1v) is 9.83. The van der Waals surface area contributed by atoms with Gasteiger partial charge in [0.1, 0.15) is 5.69 Å². The van der Waals surface area contributed by atoms with Crippen LogP contribution in [-0.4, -0.2) is 28.5 Å². The molecule has 0 saturated carbocycles. The summed E-state index contributed by atoms with van der Waals surface area (Å²) in [6.45, 7) is 0.660. The van der Waals surface area contributed by atoms with Crippen LogP contribution in [0.3, 0.4) is 0 Å². The van der Waals surface area contributed by atoms with E-state index in [1.165, 1.54) is 22.5 Å². The van der Waals surface area contributed by atoms with Crippen molar-refractivity contribution in [1.29, 1.82) is 0 Å². The molecule has 0 saturated heterocycles. The highest BCUT2D eigenvalue weighted by Crippen LogP contribution is 2.21. The van der Waals surface area contributed by atoms with Crippen molar-refractivity contribution < 1.29 is 4.79 Å². The van der Waals surface area contributed by atoms with Crippen molar-refractivity contribution in [2.75, 3.05) is 12.8 Å². The van der Waals surface area contributed by atoms with Gasteiger partial charge in [0.05, 0.1) is 17.0 Å². The van der Waals surface area contributed by atoms with Crippen LogP contribution in [0.25, 0.3) is 10.6 Å². The number of aromatic nitrogens is 2. The third kappa shape index (κ3) is 4.18. The standard InChI is InChI=1S/C18H17N3O2S2/c1-24-15-6-3-2-5-13(15)18(23)19-10-11-21-17(22)9-8-14(20-21)16-7-4-12-25-16/h2-9,12H,10-11H2,1H3,(H,19,23). The van der Waals surface area contributed by atoms with Gasteiger partial charge in [-0.25, -0.2) is 4.68 Å². The smallest absolute Gasteiger partial charge is 0.266 e. The summed E-state index contributed by atoms with van der Waals surface area (Å²) in [4.78, 5) is 26.2. The fourth-order valence-electron chi connectivity index (χ4n) is 2.37. The molecule has 5 nitrogen and oxygen atoms in total. The van der Waals surface area contributed by atoms with E-state index in [1.807, 2.05) is 42.0 Å². The molecule has 0 bridgehead atoms. The fraction of sp³-hybridized carbons (Fsp3) is 0.167. The van der Waals surface area contributed by atoms with Crippen molar-refractivity contribution >= 4 is 29.0 Å². The molecule has 0 atom stereocenters. The van der Waals surface area contributed by atoms with Crippen LogP contribution in [-0.2, 0) is 6.54 Å². The number of amides is 1. The zero-order valence-corrected chi connectivity index (χ0v) is 15.3. The number of hydrogen-bond donors (Lipinski definition) is 1. The normalized spacial score (nSPS) is 10.6. The van der Waals surface area contributed by atoms with Crippen LogP contribution in [0, 0.1) is 0 Å². The zero-order chi connectivity index (χ0) is 17.6. The van der Waals surface area contributed by atoms with E-state index in [1.54, 1.807) is 23.5 Å². The van der Waals surface area contributed by atoms with Gasteiger partial charge in [-0.1, -0.05) is 18.2 Å². The molecule has 0 radical (unpaired) electrons. The minimum Gasteiger partial charge on any atom is -0.350 e. The summed E-state index contributed by atoms with van der Waals surface area (Å²) >= 11 is 3.10. The second-order valence-electron chi connectivity index (χ2n) is 5.21. The van der Waals surface area contributed by atoms with Gasteiger partial charge >= 0.3 is 0 Å². The molecule has 3 rings (SSSR count). The molecule has 2 heterocycles. The van der Waals surface area contributed by atoms with Crippen LogP contribution in [0.4, 0.5) is 0 Å². The third-order valence-corrected chi connectivity index (χ3v) is 5.29. The molecule has 0 unspecified atom stereocenters. The molecule has 7 heteroatoms. The molecule has 1 aromatic carbocycles. The van der Waals surface area contributed by atoms with Gasteiger partial charge in [0.2, 0.25) is 0 Å². The molecular weight excluding hydrogens is 354 g/mol. The van der Waals surface area contributed by atoms with Crippen molar-refractivity contribution in [3.63, 3.8) is 0 Å². The maximum absolute atomic E-state index is 12.3. The quantitative estimate of drug-likeness (QED) is 0.676. The predicted molar refractivity (Wildman–Crippen MR) is 102 cm³/mol. The molecule has 25 heavy (non-hydrogen) atoms. The highest BCUT2D eigenvalue weighted by atomic mass is 32.2. The Hall–Kier alpha value is -2.38. The van der Waals surface area contributed by atoms with E-state index in [4.69, 9.17) is 0 Å². The fourth-order valence-corrected chi connectivity index (χ4v) is 3.65. The molecule has 128 valence electrons. The Morgan fingerprint density at radius 2 is 2.04 bits per heavy atom. The largest absolute Gasteiger partial charge is 0.350 e. The van der Waals surface area contributed by atoms with Crippen LogP contribution >= 0.6 is 23.1 Å². The Kier molecular flexibility index (Phi) is 5.67. The summed E-state index contributed by atoms with van der Waals surface area (Å²) in [5.41, 5.74) is 1.22. The Labute approximate surface area is 153 Å². The lowest BCUT2D eigenvalue weighted by atomic mass is 10.2. The molecule has 3 aromatic rings. The summed E-state index contributed by atoms with van der Waals surface area (Å²) in [6.07, 6.45) is 1.94. The van der Waals surface area contributed by atoms with Crippen molar-refractivity contribution in [3.8, 4) is 10.6 Å². The molecule has 0 spiro atoms. The van der Waals surface area contributed by atoms with Crippen molar-refractivity contribution in [2.24, 2.45) is 0 Å². The zero-order valence-electron chi connectivity index (χ0n) is 13.6. The second kappa shape index (κ2) is 8.13. The molecule has 0 aliphatic carbocycles. The number of thiophene rings is 1. The molecule has 0 aliphatic rings. The minimum atomic E-state index is -0.181. The number of thioether (sulfide) groups is 1. The summed E-state index contributed by atoms with van der Waals surface area (Å²) in [5, 5.41) is 9.20. The van der Waals surface area contributed by atoms with Crippen LogP contribution in [0.1, 0.15) is 10.4 Å². The molecule has 0 aliphatic heterocycles. The molecule has 1 amide bonds. The van der Waals surface area contributed by atoms with Gasteiger partial charge in [-0.05, 0) is 35.9 Å². The van der Waals surface area contributed by atoms with Gasteiger partial charge < -0.3 is 5.32 Å². The van der Waals surface area contributed by atoms with Crippen LogP contribution in [0.5, 0.6) is 0 Å². The maximum Gasteiger partial charge on any atom is 0.266 e. The van der Waals surface area contributed by atoms with Crippen molar-refractivity contribution in [1.82, 2.24) is 15.1 Å². The van der Waals surface area contributed by atoms with E-state index in [0.717, 1.165) is 15.5 Å². The van der Waals surface area contributed by atoms with Crippen LogP contribution in [0.2, 0.25) is 0 Å². The number of rotatable bonds is 6. The SMILES string of the molecule is CSc1ccccc1C(=O)NCCn1nc(-c2cccs2)ccc1=O. The number of benzene rings is 1. The predicted octanol–water partition coefficient (Wildman–Crippen LogP) is 3.12. The molecular formula is C18H17N3O2S2. The Balaban J connectivity index is 1.67. The van der Waals surface area contributed by atoms with Gasteiger partial charge in [0, 0.05) is 17.5 Å². The Morgan fingerprint density at radius 1 is 1.20 bits per heavy atom. The van der Waals surface area contributed by atoms with E-state index >= 15 is 0 Å². The summed E-state index contributed by atoms with van der Waals surface area (Å²) in [7, 11) is 0. The topological polar surface area (TPSA) is 64.0 Å². The van der Waals surface area contributed by atoms with Gasteiger partial charge in [-0.2, -0.15) is 5.10 Å². The highest BCUT2D eigenvalue weighted by molar-refractivity contribution is 7.98. The average molecular weight is 371 g/mol. The van der Waals surface area contributed by atoms with E-state index in [9.17, 15) is 9.59 Å². The minimum absolute atomic E-state index is 0.146. The van der Waals surface area contributed by atoms with E-state index in [0.29, 0.717) is 18.7 Å². The third-order valence-electron chi connectivity index (χ3n) is 3.60. The summed E-state index contributed by atoms with van der Waals surface area (Å²) in [5.74, 6) is -0.146. The number of carbonyl (C=O) groups excluding carboxylic acids is 1. The Morgan fingerprint density at radius 3 is 2.80 bits per heavy atom. The lowest BCUT2D eigenvalue weighted by Crippen LogP contribution is -2.32. The number of hydrogen-bond acceptors (Lipinski definition) is 5.